The maximum Gasteiger partial charge on any atom is 0.305 e. The van der Waals surface area contributed by atoms with Gasteiger partial charge in [-0.1, -0.05) is 0 Å². The first-order chi connectivity index (χ1) is 8.72. The highest BCUT2D eigenvalue weighted by Crippen LogP contribution is 2.14. The van der Waals surface area contributed by atoms with Crippen molar-refractivity contribution >= 4 is 17.7 Å². The highest BCUT2D eigenvalue weighted by atomic mass is 32.2. The van der Waals surface area contributed by atoms with E-state index in [9.17, 15) is 4.79 Å². The molecular weight excluding hydrogens is 250 g/mol. The third kappa shape index (κ3) is 7.24. The number of carbonyl (C=O) groups is 1. The molecule has 18 heavy (non-hydrogen) atoms. The van der Waals surface area contributed by atoms with E-state index in [-0.39, 0.29) is 12.5 Å². The number of aliphatic carboxylic acids is 1. The first-order valence-corrected chi connectivity index (χ1v) is 8.16. The van der Waals surface area contributed by atoms with Crippen LogP contribution in [0.4, 0.5) is 0 Å². The van der Waals surface area contributed by atoms with Crippen LogP contribution in [0.2, 0.25) is 0 Å². The first-order valence-electron chi connectivity index (χ1n) is 6.77. The van der Waals surface area contributed by atoms with Crippen LogP contribution in [0.25, 0.3) is 0 Å². The Morgan fingerprint density at radius 2 is 2.11 bits per heavy atom. The van der Waals surface area contributed by atoms with Crippen molar-refractivity contribution in [1.29, 1.82) is 0 Å². The second-order valence-electron chi connectivity index (χ2n) is 4.76. The molecular formula is C13H25NO3S. The molecule has 106 valence electrons. The van der Waals surface area contributed by atoms with E-state index in [0.29, 0.717) is 6.61 Å². The Hall–Kier alpha value is -0.260. The number of nitrogens with zero attached hydrogens (tertiary/aromatic N) is 1. The molecule has 1 heterocycles. The topological polar surface area (TPSA) is 49.8 Å². The zero-order chi connectivity index (χ0) is 13.2. The number of hydrogen-bond donors (Lipinski definition) is 1. The molecule has 0 amide bonds. The molecule has 1 aliphatic heterocycles. The lowest BCUT2D eigenvalue weighted by molar-refractivity contribution is -0.138. The van der Waals surface area contributed by atoms with E-state index >= 15 is 0 Å². The molecule has 1 fully saturated rings. The van der Waals surface area contributed by atoms with Crippen molar-refractivity contribution in [3.05, 3.63) is 0 Å². The summed E-state index contributed by atoms with van der Waals surface area (Å²) < 4.78 is 5.57. The molecule has 4 nitrogen and oxygen atoms in total. The Morgan fingerprint density at radius 3 is 2.72 bits per heavy atom. The molecule has 1 N–H and O–H groups in total. The van der Waals surface area contributed by atoms with Gasteiger partial charge in [-0.05, 0) is 44.2 Å². The number of ether oxygens (including phenoxy) is 1. The fraction of sp³-hybridized carbons (Fsp3) is 0.923. The van der Waals surface area contributed by atoms with Crippen LogP contribution in [0.3, 0.4) is 0 Å². The van der Waals surface area contributed by atoms with Gasteiger partial charge in [0, 0.05) is 13.1 Å². The fourth-order valence-corrected chi connectivity index (χ4v) is 2.69. The number of hydrogen-bond acceptors (Lipinski definition) is 4. The summed E-state index contributed by atoms with van der Waals surface area (Å²) in [5, 5.41) is 8.54. The van der Waals surface area contributed by atoms with Gasteiger partial charge in [-0.25, -0.2) is 0 Å². The van der Waals surface area contributed by atoms with Crippen molar-refractivity contribution in [3.8, 4) is 0 Å². The van der Waals surface area contributed by atoms with Gasteiger partial charge in [0.25, 0.3) is 0 Å². The molecule has 0 aromatic rings. The summed E-state index contributed by atoms with van der Waals surface area (Å²) >= 11 is 1.91. The molecule has 0 aromatic heterocycles. The first kappa shape index (κ1) is 15.8. The molecule has 0 aliphatic carbocycles. The van der Waals surface area contributed by atoms with Gasteiger partial charge in [0.2, 0.25) is 0 Å². The predicted octanol–water partition coefficient (Wildman–Crippen LogP) is 2.09. The molecule has 1 rings (SSSR count). The van der Waals surface area contributed by atoms with E-state index in [1.807, 2.05) is 11.8 Å². The summed E-state index contributed by atoms with van der Waals surface area (Å²) in [5.41, 5.74) is 0. The average molecular weight is 275 g/mol. The highest BCUT2D eigenvalue weighted by Gasteiger charge is 2.19. The van der Waals surface area contributed by atoms with Crippen LogP contribution < -0.4 is 0 Å². The summed E-state index contributed by atoms with van der Waals surface area (Å²) in [6.45, 7) is 3.74. The Labute approximate surface area is 114 Å². The molecule has 0 saturated carbocycles. The molecule has 0 radical (unpaired) electrons. The summed E-state index contributed by atoms with van der Waals surface area (Å²) in [5.74, 6) is 0.482. The monoisotopic (exact) mass is 275 g/mol. The number of unbranched alkanes of at least 4 members (excludes halogenated alkanes) is 1. The fourth-order valence-electron chi connectivity index (χ4n) is 2.19. The largest absolute Gasteiger partial charge is 0.481 e. The minimum Gasteiger partial charge on any atom is -0.481 e. The van der Waals surface area contributed by atoms with Crippen LogP contribution in [-0.4, -0.2) is 60.3 Å². The molecule has 1 saturated heterocycles. The molecule has 0 spiro atoms. The third-order valence-corrected chi connectivity index (χ3v) is 3.97. The Kier molecular flexibility index (Phi) is 8.46. The SMILES string of the molecule is CSCCCCN1CCC(OCCC(=O)O)CC1. The van der Waals surface area contributed by atoms with Crippen molar-refractivity contribution in [1.82, 2.24) is 4.90 Å². The van der Waals surface area contributed by atoms with E-state index in [0.717, 1.165) is 25.9 Å². The Balaban J connectivity index is 2.00. The van der Waals surface area contributed by atoms with Crippen molar-refractivity contribution in [2.45, 2.75) is 38.2 Å². The predicted molar refractivity (Wildman–Crippen MR) is 75.3 cm³/mol. The second kappa shape index (κ2) is 9.64. The van der Waals surface area contributed by atoms with Gasteiger partial charge in [0.15, 0.2) is 0 Å². The summed E-state index contributed by atoms with van der Waals surface area (Å²) in [6, 6.07) is 0. The zero-order valence-corrected chi connectivity index (χ0v) is 12.1. The number of carboxylic acid groups (broad SMARTS) is 1. The van der Waals surface area contributed by atoms with Crippen LogP contribution >= 0.6 is 11.8 Å². The van der Waals surface area contributed by atoms with Crippen LogP contribution in [0.1, 0.15) is 32.1 Å². The van der Waals surface area contributed by atoms with E-state index in [1.54, 1.807) is 0 Å². The van der Waals surface area contributed by atoms with Gasteiger partial charge in [0.1, 0.15) is 0 Å². The van der Waals surface area contributed by atoms with Crippen LogP contribution in [0.5, 0.6) is 0 Å². The molecule has 0 aromatic carbocycles. The van der Waals surface area contributed by atoms with Crippen LogP contribution in [-0.2, 0) is 9.53 Å². The maximum atomic E-state index is 10.4. The van der Waals surface area contributed by atoms with E-state index in [4.69, 9.17) is 9.84 Å². The molecule has 0 bridgehead atoms. The lowest BCUT2D eigenvalue weighted by Crippen LogP contribution is -2.37. The number of carboxylic acids is 1. The van der Waals surface area contributed by atoms with E-state index < -0.39 is 5.97 Å². The van der Waals surface area contributed by atoms with Gasteiger partial charge in [-0.3, -0.25) is 4.79 Å². The van der Waals surface area contributed by atoms with Gasteiger partial charge >= 0.3 is 5.97 Å². The quantitative estimate of drug-likeness (QED) is 0.653. The smallest absolute Gasteiger partial charge is 0.305 e. The number of rotatable bonds is 9. The summed E-state index contributed by atoms with van der Waals surface area (Å²) in [7, 11) is 0. The normalized spacial score (nSPS) is 18.1. The van der Waals surface area contributed by atoms with Crippen molar-refractivity contribution in [3.63, 3.8) is 0 Å². The molecule has 0 atom stereocenters. The van der Waals surface area contributed by atoms with Gasteiger partial charge in [0.05, 0.1) is 19.1 Å². The van der Waals surface area contributed by atoms with E-state index in [1.165, 1.54) is 25.1 Å². The molecule has 1 aliphatic rings. The van der Waals surface area contributed by atoms with Crippen LogP contribution in [0, 0.1) is 0 Å². The van der Waals surface area contributed by atoms with Crippen molar-refractivity contribution in [2.75, 3.05) is 38.2 Å². The maximum absolute atomic E-state index is 10.4. The minimum absolute atomic E-state index is 0.120. The van der Waals surface area contributed by atoms with Crippen molar-refractivity contribution in [2.24, 2.45) is 0 Å². The summed E-state index contributed by atoms with van der Waals surface area (Å²) in [6.07, 6.45) is 7.22. The lowest BCUT2D eigenvalue weighted by atomic mass is 10.1. The lowest BCUT2D eigenvalue weighted by Gasteiger charge is -2.31. The second-order valence-corrected chi connectivity index (χ2v) is 5.74. The zero-order valence-electron chi connectivity index (χ0n) is 11.3. The number of thioether (sulfide) groups is 1. The summed E-state index contributed by atoms with van der Waals surface area (Å²) in [4.78, 5) is 12.9. The number of piperidine rings is 1. The van der Waals surface area contributed by atoms with Gasteiger partial charge in [-0.2, -0.15) is 11.8 Å². The Morgan fingerprint density at radius 1 is 1.39 bits per heavy atom. The highest BCUT2D eigenvalue weighted by molar-refractivity contribution is 7.98. The van der Waals surface area contributed by atoms with Gasteiger partial charge < -0.3 is 14.7 Å². The molecule has 0 unspecified atom stereocenters. The molecule has 5 heteroatoms. The Bertz CT molecular complexity index is 230. The van der Waals surface area contributed by atoms with Crippen molar-refractivity contribution < 1.29 is 14.6 Å². The average Bonchev–Trinajstić information content (AvgIpc) is 2.36. The standard InChI is InChI=1S/C13H25NO3S/c1-18-11-3-2-7-14-8-4-12(5-9-14)17-10-6-13(15)16/h12H,2-11H2,1H3,(H,15,16). The van der Waals surface area contributed by atoms with Crippen LogP contribution in [0.15, 0.2) is 0 Å². The minimum atomic E-state index is -0.777. The van der Waals surface area contributed by atoms with E-state index in [2.05, 4.69) is 11.2 Å². The third-order valence-electron chi connectivity index (χ3n) is 3.28. The van der Waals surface area contributed by atoms with Gasteiger partial charge in [-0.15, -0.1) is 0 Å². The number of likely N-dealkylation sites (tertiary alicyclic amines) is 1.